The van der Waals surface area contributed by atoms with Crippen molar-refractivity contribution in [3.8, 4) is 11.5 Å². The zero-order chi connectivity index (χ0) is 14.8. The van der Waals surface area contributed by atoms with Crippen LogP contribution in [0.5, 0.6) is 11.5 Å². The fourth-order valence-corrected chi connectivity index (χ4v) is 2.41. The number of hydrogen-bond donors (Lipinski definition) is 0. The van der Waals surface area contributed by atoms with Crippen molar-refractivity contribution in [3.63, 3.8) is 0 Å². The van der Waals surface area contributed by atoms with E-state index in [9.17, 15) is 0 Å². The first-order chi connectivity index (χ1) is 10.4. The van der Waals surface area contributed by atoms with Gasteiger partial charge in [0.05, 0.1) is 46.2 Å². The Kier molecular flexibility index (Phi) is 7.83. The highest BCUT2D eigenvalue weighted by molar-refractivity contribution is 7.08. The van der Waals surface area contributed by atoms with E-state index in [1.54, 1.807) is 18.4 Å². The molecule has 6 nitrogen and oxygen atoms in total. The van der Waals surface area contributed by atoms with Gasteiger partial charge in [0, 0.05) is 17.9 Å². The third-order valence-electron chi connectivity index (χ3n) is 2.79. The van der Waals surface area contributed by atoms with Crippen LogP contribution >= 0.6 is 11.3 Å². The van der Waals surface area contributed by atoms with E-state index < -0.39 is 0 Å². The minimum Gasteiger partial charge on any atom is -0.485 e. The monoisotopic (exact) mass is 318 g/mol. The van der Waals surface area contributed by atoms with E-state index in [1.165, 1.54) is 0 Å². The maximum absolute atomic E-state index is 5.74. The Balaban J connectivity index is 1.41. The normalized spacial score (nSPS) is 17.1. The lowest BCUT2D eigenvalue weighted by atomic mass is 10.3. The van der Waals surface area contributed by atoms with Crippen LogP contribution < -0.4 is 9.47 Å². The van der Waals surface area contributed by atoms with Crippen LogP contribution in [0.4, 0.5) is 0 Å². The molecule has 1 atom stereocenters. The van der Waals surface area contributed by atoms with Gasteiger partial charge in [-0.2, -0.15) is 0 Å². The highest BCUT2D eigenvalue weighted by Gasteiger charge is 2.21. The molecule has 1 aromatic rings. The van der Waals surface area contributed by atoms with Gasteiger partial charge in [-0.3, -0.25) is 0 Å². The van der Waals surface area contributed by atoms with Gasteiger partial charge in [0.1, 0.15) is 6.61 Å². The van der Waals surface area contributed by atoms with E-state index in [0.717, 1.165) is 11.5 Å². The molecule has 0 fully saturated rings. The summed E-state index contributed by atoms with van der Waals surface area (Å²) in [6, 6.07) is 0. The van der Waals surface area contributed by atoms with Gasteiger partial charge in [-0.05, 0) is 0 Å². The summed E-state index contributed by atoms with van der Waals surface area (Å²) in [5, 5.41) is 3.88. The Labute approximate surface area is 128 Å². The molecule has 1 unspecified atom stereocenters. The van der Waals surface area contributed by atoms with Crippen LogP contribution in [0.1, 0.15) is 0 Å². The number of ether oxygens (including phenoxy) is 6. The molecule has 0 aliphatic carbocycles. The average molecular weight is 318 g/mol. The maximum Gasteiger partial charge on any atom is 0.172 e. The van der Waals surface area contributed by atoms with Gasteiger partial charge in [0.15, 0.2) is 17.6 Å². The van der Waals surface area contributed by atoms with Gasteiger partial charge in [-0.1, -0.05) is 0 Å². The first kappa shape index (κ1) is 16.5. The van der Waals surface area contributed by atoms with Crippen molar-refractivity contribution in [3.05, 3.63) is 10.8 Å². The molecule has 1 aliphatic heterocycles. The van der Waals surface area contributed by atoms with Crippen molar-refractivity contribution in [1.82, 2.24) is 0 Å². The standard InChI is InChI=1S/C14H22O6S/c1-15-2-3-16-4-5-17-6-7-18-8-12-9-19-13-10-21-11-14(13)20-12/h10-12H,2-9H2,1H3. The Morgan fingerprint density at radius 3 is 2.43 bits per heavy atom. The fourth-order valence-electron chi connectivity index (χ4n) is 1.74. The Bertz CT molecular complexity index is 383. The van der Waals surface area contributed by atoms with Crippen molar-refractivity contribution >= 4 is 11.3 Å². The molecule has 2 rings (SSSR count). The maximum atomic E-state index is 5.74. The van der Waals surface area contributed by atoms with Gasteiger partial charge < -0.3 is 28.4 Å². The van der Waals surface area contributed by atoms with E-state index in [-0.39, 0.29) is 6.10 Å². The smallest absolute Gasteiger partial charge is 0.172 e. The summed E-state index contributed by atoms with van der Waals surface area (Å²) in [5.41, 5.74) is 0. The van der Waals surface area contributed by atoms with Crippen molar-refractivity contribution in [2.45, 2.75) is 6.10 Å². The average Bonchev–Trinajstić information content (AvgIpc) is 2.97. The molecule has 120 valence electrons. The third kappa shape index (κ3) is 6.19. The molecule has 0 saturated heterocycles. The van der Waals surface area contributed by atoms with Crippen molar-refractivity contribution in [2.24, 2.45) is 0 Å². The van der Waals surface area contributed by atoms with Gasteiger partial charge in [-0.15, -0.1) is 11.3 Å². The van der Waals surface area contributed by atoms with E-state index in [2.05, 4.69) is 0 Å². The molecule has 1 aliphatic rings. The number of hydrogen-bond acceptors (Lipinski definition) is 7. The number of rotatable bonds is 11. The molecular formula is C14H22O6S. The van der Waals surface area contributed by atoms with Crippen LogP contribution in [-0.2, 0) is 18.9 Å². The van der Waals surface area contributed by atoms with Crippen molar-refractivity contribution < 1.29 is 28.4 Å². The lowest BCUT2D eigenvalue weighted by molar-refractivity contribution is -0.0231. The second-order valence-electron chi connectivity index (χ2n) is 4.44. The summed E-state index contributed by atoms with van der Waals surface area (Å²) < 4.78 is 32.4. The Hall–Kier alpha value is -0.860. The second kappa shape index (κ2) is 9.97. The number of thiophene rings is 1. The summed E-state index contributed by atoms with van der Waals surface area (Å²) in [5.74, 6) is 1.64. The second-order valence-corrected chi connectivity index (χ2v) is 5.19. The van der Waals surface area contributed by atoms with Gasteiger partial charge in [0.2, 0.25) is 0 Å². The molecule has 0 bridgehead atoms. The van der Waals surface area contributed by atoms with Gasteiger partial charge in [-0.25, -0.2) is 0 Å². The van der Waals surface area contributed by atoms with E-state index in [4.69, 9.17) is 28.4 Å². The first-order valence-corrected chi connectivity index (χ1v) is 7.92. The third-order valence-corrected chi connectivity index (χ3v) is 3.49. The molecular weight excluding hydrogens is 296 g/mol. The van der Waals surface area contributed by atoms with Crippen molar-refractivity contribution in [2.75, 3.05) is 60.0 Å². The predicted octanol–water partition coefficient (Wildman–Crippen LogP) is 1.58. The Morgan fingerprint density at radius 2 is 1.67 bits per heavy atom. The zero-order valence-electron chi connectivity index (χ0n) is 12.2. The minimum absolute atomic E-state index is 0.0514. The lowest BCUT2D eigenvalue weighted by Gasteiger charge is -2.24. The SMILES string of the molecule is COCCOCCOCCOCC1COc2cscc2O1. The van der Waals surface area contributed by atoms with E-state index in [0.29, 0.717) is 52.9 Å². The molecule has 2 heterocycles. The summed E-state index contributed by atoms with van der Waals surface area (Å²) in [4.78, 5) is 0. The molecule has 0 N–H and O–H groups in total. The van der Waals surface area contributed by atoms with E-state index in [1.807, 2.05) is 10.8 Å². The van der Waals surface area contributed by atoms with Crippen LogP contribution in [-0.4, -0.2) is 66.1 Å². The molecule has 0 amide bonds. The van der Waals surface area contributed by atoms with Crippen molar-refractivity contribution in [1.29, 1.82) is 0 Å². The highest BCUT2D eigenvalue weighted by Crippen LogP contribution is 2.35. The van der Waals surface area contributed by atoms with Crippen LogP contribution in [0, 0.1) is 0 Å². The summed E-state index contributed by atoms with van der Waals surface area (Å²) in [6.07, 6.45) is -0.0514. The van der Waals surface area contributed by atoms with Crippen LogP contribution in [0.3, 0.4) is 0 Å². The molecule has 0 spiro atoms. The van der Waals surface area contributed by atoms with Crippen LogP contribution in [0.25, 0.3) is 0 Å². The molecule has 0 saturated carbocycles. The lowest BCUT2D eigenvalue weighted by Crippen LogP contribution is -2.33. The largest absolute Gasteiger partial charge is 0.485 e. The molecule has 0 aromatic carbocycles. The number of fused-ring (bicyclic) bond motifs is 1. The first-order valence-electron chi connectivity index (χ1n) is 6.98. The predicted molar refractivity (Wildman–Crippen MR) is 78.6 cm³/mol. The van der Waals surface area contributed by atoms with E-state index >= 15 is 0 Å². The summed E-state index contributed by atoms with van der Waals surface area (Å²) >= 11 is 1.57. The van der Waals surface area contributed by atoms with Crippen LogP contribution in [0.15, 0.2) is 10.8 Å². The molecule has 1 aromatic heterocycles. The Morgan fingerprint density at radius 1 is 1.00 bits per heavy atom. The number of methoxy groups -OCH3 is 1. The van der Waals surface area contributed by atoms with Crippen LogP contribution in [0.2, 0.25) is 0 Å². The highest BCUT2D eigenvalue weighted by atomic mass is 32.1. The topological polar surface area (TPSA) is 55.4 Å². The van der Waals surface area contributed by atoms with Gasteiger partial charge >= 0.3 is 0 Å². The summed E-state index contributed by atoms with van der Waals surface area (Å²) in [7, 11) is 1.65. The zero-order valence-corrected chi connectivity index (χ0v) is 13.1. The summed E-state index contributed by atoms with van der Waals surface area (Å²) in [6.45, 7) is 4.46. The van der Waals surface area contributed by atoms with Gasteiger partial charge in [0.25, 0.3) is 0 Å². The fraction of sp³-hybridized carbons (Fsp3) is 0.714. The quantitative estimate of drug-likeness (QED) is 0.578. The minimum atomic E-state index is -0.0514. The molecule has 0 radical (unpaired) electrons. The molecule has 7 heteroatoms. The molecule has 21 heavy (non-hydrogen) atoms.